The van der Waals surface area contributed by atoms with Gasteiger partial charge in [0, 0.05) is 24.3 Å². The summed E-state index contributed by atoms with van der Waals surface area (Å²) in [5.74, 6) is 0.764. The molecule has 2 aromatic heterocycles. The van der Waals surface area contributed by atoms with Gasteiger partial charge in [0.25, 0.3) is 5.56 Å². The highest BCUT2D eigenvalue weighted by molar-refractivity contribution is 7.89. The van der Waals surface area contributed by atoms with E-state index in [0.717, 1.165) is 28.7 Å². The van der Waals surface area contributed by atoms with Gasteiger partial charge in [-0.3, -0.25) is 18.6 Å². The third-order valence-corrected chi connectivity index (χ3v) is 8.18. The van der Waals surface area contributed by atoms with Crippen LogP contribution in [-0.2, 0) is 30.2 Å². The summed E-state index contributed by atoms with van der Waals surface area (Å²) < 4.78 is 37.8. The second-order valence-electron chi connectivity index (χ2n) is 9.47. The van der Waals surface area contributed by atoms with Gasteiger partial charge in [-0.25, -0.2) is 17.9 Å². The van der Waals surface area contributed by atoms with Gasteiger partial charge >= 0.3 is 5.69 Å². The molecular weight excluding hydrogens is 482 g/mol. The lowest BCUT2D eigenvalue weighted by molar-refractivity contribution is 0.414. The van der Waals surface area contributed by atoms with E-state index in [4.69, 9.17) is 4.74 Å². The van der Waals surface area contributed by atoms with Crippen LogP contribution in [0.15, 0.2) is 69.3 Å². The summed E-state index contributed by atoms with van der Waals surface area (Å²) in [4.78, 5) is 26.3. The van der Waals surface area contributed by atoms with Gasteiger partial charge in [0.1, 0.15) is 5.75 Å². The van der Waals surface area contributed by atoms with Crippen LogP contribution in [-0.4, -0.2) is 40.0 Å². The van der Waals surface area contributed by atoms with E-state index in [1.165, 1.54) is 22.8 Å². The number of hydrogen-bond donors (Lipinski definition) is 1. The van der Waals surface area contributed by atoms with E-state index in [1.54, 1.807) is 31.2 Å². The fourth-order valence-electron chi connectivity index (χ4n) is 4.15. The first kappa shape index (κ1) is 24.0. The molecule has 0 aliphatic heterocycles. The van der Waals surface area contributed by atoms with Crippen molar-refractivity contribution in [3.05, 3.63) is 86.8 Å². The van der Waals surface area contributed by atoms with E-state index >= 15 is 0 Å². The Balaban J connectivity index is 1.46. The monoisotopic (exact) mass is 509 g/mol. The van der Waals surface area contributed by atoms with Crippen LogP contribution in [0, 0.1) is 0 Å². The SMILES string of the molecule is COc1ccc(Cn2cc(Cn3c(=O)c4cc(S(=O)(=O)NC5(C)CC5)ccc4n(C)c3=O)cn2)cc1. The van der Waals surface area contributed by atoms with Gasteiger partial charge in [0.2, 0.25) is 10.0 Å². The molecule has 5 rings (SSSR count). The highest BCUT2D eigenvalue weighted by Crippen LogP contribution is 2.36. The predicted octanol–water partition coefficient (Wildman–Crippen LogP) is 1.83. The number of benzene rings is 2. The van der Waals surface area contributed by atoms with Gasteiger partial charge in [-0.2, -0.15) is 5.10 Å². The predicted molar refractivity (Wildman–Crippen MR) is 135 cm³/mol. The molecule has 0 atom stereocenters. The zero-order valence-corrected chi connectivity index (χ0v) is 21.1. The molecule has 1 aliphatic rings. The minimum Gasteiger partial charge on any atom is -0.497 e. The van der Waals surface area contributed by atoms with Crippen molar-refractivity contribution in [1.82, 2.24) is 23.6 Å². The maximum absolute atomic E-state index is 13.3. The topological polar surface area (TPSA) is 117 Å². The van der Waals surface area contributed by atoms with Crippen LogP contribution >= 0.6 is 0 Å². The van der Waals surface area contributed by atoms with Crippen molar-refractivity contribution in [1.29, 1.82) is 0 Å². The van der Waals surface area contributed by atoms with Crippen LogP contribution in [0.4, 0.5) is 0 Å². The molecule has 188 valence electrons. The lowest BCUT2D eigenvalue weighted by Gasteiger charge is -2.14. The number of aryl methyl sites for hydroxylation is 1. The van der Waals surface area contributed by atoms with Crippen LogP contribution < -0.4 is 20.7 Å². The Morgan fingerprint density at radius 2 is 1.78 bits per heavy atom. The van der Waals surface area contributed by atoms with Crippen LogP contribution in [0.2, 0.25) is 0 Å². The standard InChI is InChI=1S/C25H27N5O5S/c1-25(10-11-25)27-36(33,34)20-8-9-22-21(12-20)23(31)30(24(32)28(22)2)16-18-13-26-29(15-18)14-17-4-6-19(35-3)7-5-17/h4-9,12-13,15,27H,10-11,14,16H2,1-3H3. The van der Waals surface area contributed by atoms with Crippen molar-refractivity contribution in [2.24, 2.45) is 7.05 Å². The van der Waals surface area contributed by atoms with Gasteiger partial charge in [0.15, 0.2) is 0 Å². The summed E-state index contributed by atoms with van der Waals surface area (Å²) in [6, 6.07) is 11.9. The summed E-state index contributed by atoms with van der Waals surface area (Å²) in [5.41, 5.74) is 0.581. The van der Waals surface area contributed by atoms with Crippen molar-refractivity contribution in [2.75, 3.05) is 7.11 Å². The zero-order valence-electron chi connectivity index (χ0n) is 20.3. The molecule has 36 heavy (non-hydrogen) atoms. The number of nitrogens with one attached hydrogen (secondary N) is 1. The highest BCUT2D eigenvalue weighted by atomic mass is 32.2. The molecule has 2 aromatic carbocycles. The smallest absolute Gasteiger partial charge is 0.331 e. The fraction of sp³-hybridized carbons (Fsp3) is 0.320. The molecule has 1 saturated carbocycles. The van der Waals surface area contributed by atoms with Crippen molar-refractivity contribution >= 4 is 20.9 Å². The van der Waals surface area contributed by atoms with Crippen molar-refractivity contribution in [3.63, 3.8) is 0 Å². The summed E-state index contributed by atoms with van der Waals surface area (Å²) in [6.45, 7) is 2.37. The van der Waals surface area contributed by atoms with E-state index in [-0.39, 0.29) is 16.8 Å². The first-order valence-corrected chi connectivity index (χ1v) is 13.0. The molecule has 1 N–H and O–H groups in total. The quantitative estimate of drug-likeness (QED) is 0.387. The maximum Gasteiger partial charge on any atom is 0.331 e. The number of ether oxygens (including phenoxy) is 1. The Morgan fingerprint density at radius 1 is 1.06 bits per heavy atom. The van der Waals surface area contributed by atoms with E-state index in [2.05, 4.69) is 9.82 Å². The summed E-state index contributed by atoms with van der Waals surface area (Å²) in [6.07, 6.45) is 4.93. The number of fused-ring (bicyclic) bond motifs is 1. The maximum atomic E-state index is 13.3. The third-order valence-electron chi connectivity index (χ3n) is 6.54. The summed E-state index contributed by atoms with van der Waals surface area (Å²) in [7, 11) is -0.625. The van der Waals surface area contributed by atoms with Crippen LogP contribution in [0.3, 0.4) is 0 Å². The minimum atomic E-state index is -3.80. The minimum absolute atomic E-state index is 0.00210. The average Bonchev–Trinajstić information content (AvgIpc) is 3.41. The van der Waals surface area contributed by atoms with E-state index in [0.29, 0.717) is 17.6 Å². The van der Waals surface area contributed by atoms with E-state index in [1.807, 2.05) is 31.2 Å². The lowest BCUT2D eigenvalue weighted by atomic mass is 10.2. The van der Waals surface area contributed by atoms with Gasteiger partial charge < -0.3 is 4.74 Å². The molecule has 0 bridgehead atoms. The Morgan fingerprint density at radius 3 is 2.44 bits per heavy atom. The number of sulfonamides is 1. The molecule has 0 radical (unpaired) electrons. The number of methoxy groups -OCH3 is 1. The number of hydrogen-bond acceptors (Lipinski definition) is 6. The number of rotatable bonds is 8. The average molecular weight is 510 g/mol. The van der Waals surface area contributed by atoms with Crippen molar-refractivity contribution < 1.29 is 13.2 Å². The third kappa shape index (κ3) is 4.59. The Kier molecular flexibility index (Phi) is 5.84. The molecular formula is C25H27N5O5S. The van der Waals surface area contributed by atoms with E-state index in [9.17, 15) is 18.0 Å². The highest BCUT2D eigenvalue weighted by Gasteiger charge is 2.41. The van der Waals surface area contributed by atoms with Crippen LogP contribution in [0.1, 0.15) is 30.9 Å². The Labute approximate surface area is 207 Å². The molecule has 0 saturated heterocycles. The molecule has 0 amide bonds. The van der Waals surface area contributed by atoms with Gasteiger partial charge in [0.05, 0.1) is 42.2 Å². The van der Waals surface area contributed by atoms with Gasteiger partial charge in [-0.15, -0.1) is 0 Å². The summed E-state index contributed by atoms with van der Waals surface area (Å²) in [5, 5.41) is 4.51. The molecule has 2 heterocycles. The molecule has 11 heteroatoms. The second-order valence-corrected chi connectivity index (χ2v) is 11.2. The Bertz CT molecular complexity index is 1680. The normalized spacial score (nSPS) is 14.8. The largest absolute Gasteiger partial charge is 0.497 e. The van der Waals surface area contributed by atoms with Gasteiger partial charge in [-0.1, -0.05) is 12.1 Å². The molecule has 0 spiro atoms. The number of nitrogens with zero attached hydrogens (tertiary/aromatic N) is 4. The van der Waals surface area contributed by atoms with Crippen LogP contribution in [0.25, 0.3) is 10.9 Å². The summed E-state index contributed by atoms with van der Waals surface area (Å²) >= 11 is 0. The first-order chi connectivity index (χ1) is 17.1. The second kappa shape index (κ2) is 8.75. The molecule has 1 fully saturated rings. The van der Waals surface area contributed by atoms with Crippen molar-refractivity contribution in [2.45, 2.75) is 43.3 Å². The fourth-order valence-corrected chi connectivity index (χ4v) is 5.64. The van der Waals surface area contributed by atoms with Crippen LogP contribution in [0.5, 0.6) is 5.75 Å². The molecule has 1 aliphatic carbocycles. The van der Waals surface area contributed by atoms with Gasteiger partial charge in [-0.05, 0) is 55.7 Å². The van der Waals surface area contributed by atoms with E-state index < -0.39 is 26.8 Å². The molecule has 10 nitrogen and oxygen atoms in total. The number of aromatic nitrogens is 4. The zero-order chi connectivity index (χ0) is 25.7. The van der Waals surface area contributed by atoms with Crippen molar-refractivity contribution in [3.8, 4) is 5.75 Å². The lowest BCUT2D eigenvalue weighted by Crippen LogP contribution is -2.39. The Hall–Kier alpha value is -3.70. The first-order valence-electron chi connectivity index (χ1n) is 11.5. The molecule has 0 unspecified atom stereocenters. The molecule has 4 aromatic rings.